The van der Waals surface area contributed by atoms with Crippen LogP contribution in [-0.4, -0.2) is 46.6 Å². The van der Waals surface area contributed by atoms with Gasteiger partial charge in [0.05, 0.1) is 0 Å². The fourth-order valence-electron chi connectivity index (χ4n) is 2.43. The summed E-state index contributed by atoms with van der Waals surface area (Å²) in [4.78, 5) is 25.1. The van der Waals surface area contributed by atoms with Crippen molar-refractivity contribution in [3.8, 4) is 0 Å². The Hall–Kier alpha value is -2.06. The van der Waals surface area contributed by atoms with Crippen LogP contribution in [0.1, 0.15) is 18.5 Å². The van der Waals surface area contributed by atoms with Gasteiger partial charge < -0.3 is 10.2 Å². The van der Waals surface area contributed by atoms with Crippen molar-refractivity contribution in [2.24, 2.45) is 5.92 Å². The molecule has 0 atom stereocenters. The first kappa shape index (κ1) is 16.3. The molecule has 22 heavy (non-hydrogen) atoms. The molecule has 2 amide bonds. The van der Waals surface area contributed by atoms with Crippen LogP contribution in [-0.2, 0) is 22.3 Å². The first-order valence-corrected chi connectivity index (χ1v) is 6.91. The number of piperidine rings is 1. The van der Waals surface area contributed by atoms with Gasteiger partial charge in [-0.1, -0.05) is 0 Å². The van der Waals surface area contributed by atoms with E-state index in [2.05, 4.69) is 10.4 Å². The van der Waals surface area contributed by atoms with Crippen LogP contribution in [0.3, 0.4) is 0 Å². The molecule has 0 spiro atoms. The average Bonchev–Trinajstić information content (AvgIpc) is 2.95. The number of likely N-dealkylation sites (tertiary alicyclic amines) is 1. The van der Waals surface area contributed by atoms with Crippen molar-refractivity contribution >= 4 is 11.8 Å². The van der Waals surface area contributed by atoms with Gasteiger partial charge in [-0.2, -0.15) is 18.3 Å². The summed E-state index contributed by atoms with van der Waals surface area (Å²) in [6, 6.07) is 0.838. The van der Waals surface area contributed by atoms with E-state index in [1.807, 2.05) is 0 Å². The SMILES string of the molecule is CNC(=O)C1CCN(C(=O)Cn2ccc(C(F)(F)F)n2)CC1. The molecule has 1 fully saturated rings. The number of hydrogen-bond donors (Lipinski definition) is 1. The first-order valence-electron chi connectivity index (χ1n) is 6.91. The fraction of sp³-hybridized carbons (Fsp3) is 0.615. The number of nitrogens with one attached hydrogen (secondary N) is 1. The third-order valence-corrected chi connectivity index (χ3v) is 3.69. The summed E-state index contributed by atoms with van der Waals surface area (Å²) in [5.41, 5.74) is -1.02. The van der Waals surface area contributed by atoms with Crippen LogP contribution in [0.2, 0.25) is 0 Å². The second-order valence-electron chi connectivity index (χ2n) is 5.17. The Morgan fingerprint density at radius 1 is 1.36 bits per heavy atom. The highest BCUT2D eigenvalue weighted by Gasteiger charge is 2.34. The van der Waals surface area contributed by atoms with Crippen LogP contribution in [0.25, 0.3) is 0 Å². The lowest BCUT2D eigenvalue weighted by atomic mass is 9.96. The molecule has 1 N–H and O–H groups in total. The lowest BCUT2D eigenvalue weighted by molar-refractivity contribution is -0.142. The Kier molecular flexibility index (Phi) is 4.72. The summed E-state index contributed by atoms with van der Waals surface area (Å²) in [6.07, 6.45) is -2.27. The van der Waals surface area contributed by atoms with Crippen molar-refractivity contribution in [1.82, 2.24) is 20.0 Å². The van der Waals surface area contributed by atoms with Gasteiger partial charge in [-0.3, -0.25) is 14.3 Å². The molecule has 0 aliphatic carbocycles. The molecule has 1 aromatic rings. The largest absolute Gasteiger partial charge is 0.435 e. The summed E-state index contributed by atoms with van der Waals surface area (Å²) in [5.74, 6) is -0.461. The zero-order valence-corrected chi connectivity index (χ0v) is 12.1. The number of rotatable bonds is 3. The third kappa shape index (κ3) is 3.77. The van der Waals surface area contributed by atoms with Crippen molar-refractivity contribution in [2.45, 2.75) is 25.6 Å². The van der Waals surface area contributed by atoms with E-state index in [9.17, 15) is 22.8 Å². The number of alkyl halides is 3. The molecule has 1 aromatic heterocycles. The maximum atomic E-state index is 12.4. The van der Waals surface area contributed by atoms with Gasteiger partial charge in [-0.15, -0.1) is 0 Å². The molecule has 0 saturated carbocycles. The molecule has 0 bridgehead atoms. The number of carbonyl (C=O) groups is 2. The van der Waals surface area contributed by atoms with Crippen molar-refractivity contribution in [1.29, 1.82) is 0 Å². The van der Waals surface area contributed by atoms with Gasteiger partial charge in [0.2, 0.25) is 11.8 Å². The molecular formula is C13H17F3N4O2. The Labute approximate surface area is 125 Å². The number of aromatic nitrogens is 2. The van der Waals surface area contributed by atoms with Gasteiger partial charge in [-0.05, 0) is 18.9 Å². The quantitative estimate of drug-likeness (QED) is 0.900. The van der Waals surface area contributed by atoms with E-state index >= 15 is 0 Å². The maximum Gasteiger partial charge on any atom is 0.435 e. The molecule has 1 aliphatic heterocycles. The van der Waals surface area contributed by atoms with Crippen LogP contribution < -0.4 is 5.32 Å². The number of amides is 2. The van der Waals surface area contributed by atoms with Crippen molar-refractivity contribution in [3.63, 3.8) is 0 Å². The summed E-state index contributed by atoms with van der Waals surface area (Å²) in [5, 5.41) is 5.93. The van der Waals surface area contributed by atoms with Gasteiger partial charge in [-0.25, -0.2) is 0 Å². The predicted molar refractivity (Wildman–Crippen MR) is 70.6 cm³/mol. The van der Waals surface area contributed by atoms with Crippen LogP contribution in [0.4, 0.5) is 13.2 Å². The van der Waals surface area contributed by atoms with E-state index in [1.54, 1.807) is 11.9 Å². The van der Waals surface area contributed by atoms with Crippen LogP contribution in [0.15, 0.2) is 12.3 Å². The molecule has 1 saturated heterocycles. The lowest BCUT2D eigenvalue weighted by Crippen LogP contribution is -2.43. The number of carbonyl (C=O) groups excluding carboxylic acids is 2. The van der Waals surface area contributed by atoms with Gasteiger partial charge in [0, 0.05) is 32.3 Å². The summed E-state index contributed by atoms with van der Waals surface area (Å²) in [7, 11) is 1.57. The van der Waals surface area contributed by atoms with E-state index in [0.717, 1.165) is 16.9 Å². The molecule has 0 aromatic carbocycles. The molecule has 0 radical (unpaired) electrons. The lowest BCUT2D eigenvalue weighted by Gasteiger charge is -2.31. The second-order valence-corrected chi connectivity index (χ2v) is 5.17. The molecule has 2 heterocycles. The number of hydrogen-bond acceptors (Lipinski definition) is 3. The molecule has 1 aliphatic rings. The standard InChI is InChI=1S/C13H17F3N4O2/c1-17-12(22)9-2-5-19(6-3-9)11(21)8-20-7-4-10(18-20)13(14,15)16/h4,7,9H,2-3,5-6,8H2,1H3,(H,17,22). The van der Waals surface area contributed by atoms with Gasteiger partial charge in [0.25, 0.3) is 0 Å². The zero-order chi connectivity index (χ0) is 16.3. The topological polar surface area (TPSA) is 67.2 Å². The Bertz CT molecular complexity index is 548. The van der Waals surface area contributed by atoms with E-state index in [-0.39, 0.29) is 24.3 Å². The zero-order valence-electron chi connectivity index (χ0n) is 12.1. The number of nitrogens with zero attached hydrogens (tertiary/aromatic N) is 3. The van der Waals surface area contributed by atoms with Gasteiger partial charge >= 0.3 is 6.18 Å². The minimum Gasteiger partial charge on any atom is -0.359 e. The summed E-state index contributed by atoms with van der Waals surface area (Å²) < 4.78 is 38.3. The van der Waals surface area contributed by atoms with Crippen molar-refractivity contribution in [3.05, 3.63) is 18.0 Å². The van der Waals surface area contributed by atoms with E-state index < -0.39 is 11.9 Å². The summed E-state index contributed by atoms with van der Waals surface area (Å²) in [6.45, 7) is 0.607. The van der Waals surface area contributed by atoms with Crippen LogP contribution in [0, 0.1) is 5.92 Å². The van der Waals surface area contributed by atoms with E-state index in [0.29, 0.717) is 25.9 Å². The fourth-order valence-corrected chi connectivity index (χ4v) is 2.43. The van der Waals surface area contributed by atoms with Crippen LogP contribution >= 0.6 is 0 Å². The molecule has 122 valence electrons. The highest BCUT2D eigenvalue weighted by Crippen LogP contribution is 2.27. The molecule has 9 heteroatoms. The maximum absolute atomic E-state index is 12.4. The average molecular weight is 318 g/mol. The highest BCUT2D eigenvalue weighted by molar-refractivity contribution is 5.79. The highest BCUT2D eigenvalue weighted by atomic mass is 19.4. The van der Waals surface area contributed by atoms with Gasteiger partial charge in [0.1, 0.15) is 6.54 Å². The molecule has 2 rings (SSSR count). The van der Waals surface area contributed by atoms with E-state index in [4.69, 9.17) is 0 Å². The summed E-state index contributed by atoms with van der Waals surface area (Å²) >= 11 is 0. The molecular weight excluding hydrogens is 301 g/mol. The normalized spacial score (nSPS) is 16.6. The minimum atomic E-state index is -4.51. The molecule has 0 unspecified atom stereocenters. The first-order chi connectivity index (χ1) is 10.3. The second kappa shape index (κ2) is 6.37. The van der Waals surface area contributed by atoms with Crippen molar-refractivity contribution in [2.75, 3.05) is 20.1 Å². The molecule has 6 nitrogen and oxygen atoms in total. The van der Waals surface area contributed by atoms with E-state index in [1.165, 1.54) is 0 Å². The Morgan fingerprint density at radius 3 is 2.50 bits per heavy atom. The predicted octanol–water partition coefficient (Wildman–Crippen LogP) is 0.887. The number of halogens is 3. The Balaban J connectivity index is 1.88. The monoisotopic (exact) mass is 318 g/mol. The van der Waals surface area contributed by atoms with Crippen molar-refractivity contribution < 1.29 is 22.8 Å². The van der Waals surface area contributed by atoms with Gasteiger partial charge in [0.15, 0.2) is 5.69 Å². The Morgan fingerprint density at radius 2 is 2.00 bits per heavy atom. The smallest absolute Gasteiger partial charge is 0.359 e. The minimum absolute atomic E-state index is 0.0472. The third-order valence-electron chi connectivity index (χ3n) is 3.69. The van der Waals surface area contributed by atoms with Crippen LogP contribution in [0.5, 0.6) is 0 Å².